The first kappa shape index (κ1) is 35.4. The second kappa shape index (κ2) is 15.1. The van der Waals surface area contributed by atoms with E-state index < -0.39 is 0 Å². The highest BCUT2D eigenvalue weighted by Crippen LogP contribution is 2.36. The van der Waals surface area contributed by atoms with Gasteiger partial charge in [-0.1, -0.05) is 109 Å². The van der Waals surface area contributed by atoms with Gasteiger partial charge < -0.3 is 14.7 Å². The summed E-state index contributed by atoms with van der Waals surface area (Å²) < 4.78 is 11.4. The fraction of sp³-hybridized carbons (Fsp3) is 0.0769. The van der Waals surface area contributed by atoms with Gasteiger partial charge in [0.05, 0.1) is 17.6 Å². The molecule has 0 fully saturated rings. The number of nitrogens with two attached hydrogens (primary N) is 1. The molecule has 5 nitrogen and oxygen atoms in total. The second-order valence-electron chi connectivity index (χ2n) is 14.6. The number of thiophene rings is 1. The molecule has 0 radical (unpaired) electrons. The minimum atomic E-state index is 0.142. The molecule has 9 aromatic rings. The fourth-order valence-corrected chi connectivity index (χ4v) is 9.28. The van der Waals surface area contributed by atoms with Crippen LogP contribution in [0.15, 0.2) is 172 Å². The van der Waals surface area contributed by atoms with E-state index >= 15 is 0 Å². The first-order valence-corrected chi connectivity index (χ1v) is 20.5. The summed E-state index contributed by atoms with van der Waals surface area (Å²) in [5.74, 6) is 1.08. The van der Waals surface area contributed by atoms with Gasteiger partial charge in [0.25, 0.3) is 0 Å². The third-order valence-electron chi connectivity index (χ3n) is 11.0. The van der Waals surface area contributed by atoms with Gasteiger partial charge in [-0.15, -0.1) is 11.3 Å². The van der Waals surface area contributed by atoms with Crippen LogP contribution in [0.4, 0.5) is 0 Å². The summed E-state index contributed by atoms with van der Waals surface area (Å²) in [4.78, 5) is 10.1. The van der Waals surface area contributed by atoms with Crippen LogP contribution in [0, 0.1) is 0 Å². The number of rotatable bonds is 7. The zero-order valence-corrected chi connectivity index (χ0v) is 32.9. The van der Waals surface area contributed by atoms with Crippen LogP contribution in [0.3, 0.4) is 0 Å². The lowest BCUT2D eigenvalue weighted by atomic mass is 9.91. The lowest BCUT2D eigenvalue weighted by Crippen LogP contribution is -2.40. The molecule has 3 heterocycles. The summed E-state index contributed by atoms with van der Waals surface area (Å²) in [6, 6.07) is 51.4. The average Bonchev–Trinajstić information content (AvgIpc) is 3.93. The molecule has 280 valence electrons. The zero-order chi connectivity index (χ0) is 39.0. The highest BCUT2D eigenvalue weighted by atomic mass is 32.1. The maximum atomic E-state index is 6.91. The summed E-state index contributed by atoms with van der Waals surface area (Å²) >= 11 is 1.80. The Morgan fingerprint density at radius 1 is 0.776 bits per heavy atom. The number of benzene rings is 6. The number of amidine groups is 2. The Hall–Kier alpha value is -7.02. The van der Waals surface area contributed by atoms with Gasteiger partial charge in [0, 0.05) is 58.6 Å². The number of hydrogen-bond donors (Lipinski definition) is 1. The van der Waals surface area contributed by atoms with E-state index in [1.807, 2.05) is 49.4 Å². The Morgan fingerprint density at radius 3 is 2.36 bits per heavy atom. The molecule has 1 atom stereocenters. The van der Waals surface area contributed by atoms with Crippen molar-refractivity contribution in [2.75, 3.05) is 0 Å². The van der Waals surface area contributed by atoms with E-state index in [9.17, 15) is 0 Å². The molecular weight excluding hydrogens is 729 g/mol. The first-order valence-electron chi connectivity index (χ1n) is 19.7. The topological polar surface area (TPSA) is 68.8 Å². The van der Waals surface area contributed by atoms with Gasteiger partial charge in [0.1, 0.15) is 16.7 Å². The van der Waals surface area contributed by atoms with Crippen molar-refractivity contribution in [3.63, 3.8) is 0 Å². The predicted molar refractivity (Wildman–Crippen MR) is 246 cm³/mol. The molecule has 2 N–H and O–H groups in total. The highest BCUT2D eigenvalue weighted by molar-refractivity contribution is 7.25. The van der Waals surface area contributed by atoms with E-state index in [4.69, 9.17) is 20.1 Å². The van der Waals surface area contributed by atoms with Crippen molar-refractivity contribution in [1.29, 1.82) is 0 Å². The Kier molecular flexibility index (Phi) is 9.24. The molecule has 0 aliphatic heterocycles. The van der Waals surface area contributed by atoms with Crippen molar-refractivity contribution in [2.24, 2.45) is 15.7 Å². The van der Waals surface area contributed by atoms with Gasteiger partial charge in [-0.05, 0) is 97.3 Å². The monoisotopic (exact) mass is 768 g/mol. The standard InChI is InChI=1S/C52H40N4OS/c1-2-3-21-47-43(32-51(53)55-52(54-33-34-14-6-4-7-15-34)37-25-28-50-44(31-37)40-19-11-13-22-49(40)58-50)42-30-36(24-27-48(42)57-47)35-23-26-46-41(29-35)39-18-10-12-20-45(39)56(46)38-16-8-5-9-17-38/h2-23,25-32,36H,24,33H2,1H3,(H2,53,54,55)/b3-2-,43-32?,47-21+. The number of fused-ring (bicyclic) bond motifs is 7. The quantitative estimate of drug-likeness (QED) is 0.130. The normalized spacial score (nSPS) is 15.5. The van der Waals surface area contributed by atoms with Gasteiger partial charge in [0.15, 0.2) is 5.84 Å². The Morgan fingerprint density at radius 2 is 1.52 bits per heavy atom. The van der Waals surface area contributed by atoms with Crippen LogP contribution in [0.5, 0.6) is 0 Å². The van der Waals surface area contributed by atoms with E-state index in [2.05, 4.69) is 144 Å². The second-order valence-corrected chi connectivity index (χ2v) is 15.7. The summed E-state index contributed by atoms with van der Waals surface area (Å²) in [5, 5.41) is 6.82. The minimum Gasteiger partial charge on any atom is -0.456 e. The smallest absolute Gasteiger partial charge is 0.157 e. The number of aromatic nitrogens is 1. The number of para-hydroxylation sites is 2. The number of nitrogens with zero attached hydrogens (tertiary/aromatic N) is 3. The zero-order valence-electron chi connectivity index (χ0n) is 32.0. The molecular formula is C52H40N4OS. The molecule has 1 aliphatic rings. The lowest BCUT2D eigenvalue weighted by molar-refractivity contribution is 0.495. The van der Waals surface area contributed by atoms with Crippen molar-refractivity contribution >= 4 is 89.3 Å². The summed E-state index contributed by atoms with van der Waals surface area (Å²) in [7, 11) is 0. The van der Waals surface area contributed by atoms with E-state index in [-0.39, 0.29) is 5.92 Å². The van der Waals surface area contributed by atoms with Crippen molar-refractivity contribution < 1.29 is 4.42 Å². The maximum absolute atomic E-state index is 6.91. The van der Waals surface area contributed by atoms with Crippen LogP contribution in [0.1, 0.15) is 36.0 Å². The number of aliphatic imine (C=N–C) groups is 2. The van der Waals surface area contributed by atoms with E-state index in [1.54, 1.807) is 11.3 Å². The molecule has 0 saturated carbocycles. The molecule has 0 saturated heterocycles. The molecule has 10 rings (SSSR count). The highest BCUT2D eigenvalue weighted by Gasteiger charge is 2.18. The molecule has 1 aliphatic carbocycles. The predicted octanol–water partition coefficient (Wildman–Crippen LogP) is 9.63. The van der Waals surface area contributed by atoms with Crippen LogP contribution in [-0.2, 0) is 6.54 Å². The molecule has 1 unspecified atom stereocenters. The third-order valence-corrected chi connectivity index (χ3v) is 12.1. The summed E-state index contributed by atoms with van der Waals surface area (Å²) in [6.45, 7) is 2.48. The van der Waals surface area contributed by atoms with Crippen LogP contribution >= 0.6 is 11.3 Å². The molecule has 3 aromatic heterocycles. The Labute approximate surface area is 339 Å². The van der Waals surface area contributed by atoms with E-state index in [0.29, 0.717) is 18.2 Å². The molecule has 6 heteroatoms. The molecule has 58 heavy (non-hydrogen) atoms. The van der Waals surface area contributed by atoms with Crippen LogP contribution in [0.2, 0.25) is 0 Å². The van der Waals surface area contributed by atoms with Crippen molar-refractivity contribution in [3.05, 3.63) is 196 Å². The van der Waals surface area contributed by atoms with Crippen molar-refractivity contribution in [1.82, 2.24) is 4.57 Å². The lowest BCUT2D eigenvalue weighted by Gasteiger charge is -2.14. The summed E-state index contributed by atoms with van der Waals surface area (Å²) in [6.07, 6.45) is 13.3. The van der Waals surface area contributed by atoms with E-state index in [1.165, 1.54) is 47.5 Å². The molecule has 0 amide bonds. The van der Waals surface area contributed by atoms with Gasteiger partial charge in [0.2, 0.25) is 0 Å². The minimum absolute atomic E-state index is 0.142. The SMILES string of the molecule is C/C=C\C=c1\oc2c(c1=CC(N)=NC(=NCc1ccccc1)c1ccc3sc4ccccc4c3c1)=CC(c1ccc3c(c1)c1ccccc1n3-c1ccccc1)CC=2. The van der Waals surface area contributed by atoms with Crippen LogP contribution < -0.4 is 27.0 Å². The van der Waals surface area contributed by atoms with E-state index in [0.717, 1.165) is 44.5 Å². The van der Waals surface area contributed by atoms with Crippen molar-refractivity contribution in [2.45, 2.75) is 25.8 Å². The largest absolute Gasteiger partial charge is 0.456 e. The maximum Gasteiger partial charge on any atom is 0.157 e. The van der Waals surface area contributed by atoms with Gasteiger partial charge in [-0.25, -0.2) is 4.99 Å². The number of allylic oxidation sites excluding steroid dienone is 2. The number of furan rings is 1. The number of hydrogen-bond acceptors (Lipinski definition) is 3. The molecule has 6 aromatic carbocycles. The Bertz CT molecular complexity index is 3370. The molecule has 0 spiro atoms. The average molecular weight is 769 g/mol. The molecule has 0 bridgehead atoms. The van der Waals surface area contributed by atoms with Gasteiger partial charge in [-0.2, -0.15) is 0 Å². The Balaban J connectivity index is 1.09. The third kappa shape index (κ3) is 6.57. The van der Waals surface area contributed by atoms with Gasteiger partial charge >= 0.3 is 0 Å². The summed E-state index contributed by atoms with van der Waals surface area (Å²) in [5.41, 5.74) is 15.3. The van der Waals surface area contributed by atoms with Crippen molar-refractivity contribution in [3.8, 4) is 5.69 Å². The fourth-order valence-electron chi connectivity index (χ4n) is 8.19. The van der Waals surface area contributed by atoms with Crippen LogP contribution in [0.25, 0.3) is 72.0 Å². The van der Waals surface area contributed by atoms with Crippen LogP contribution in [-0.4, -0.2) is 16.2 Å². The van der Waals surface area contributed by atoms with Gasteiger partial charge in [-0.3, -0.25) is 4.99 Å². The first-order chi connectivity index (χ1) is 28.6.